The first kappa shape index (κ1) is 29.2. The van der Waals surface area contributed by atoms with Gasteiger partial charge in [-0.3, -0.25) is 0 Å². The summed E-state index contributed by atoms with van der Waals surface area (Å²) in [6, 6.07) is 58.9. The molecule has 8 aromatic rings. The van der Waals surface area contributed by atoms with Crippen molar-refractivity contribution in [3.8, 4) is 55.6 Å². The molecule has 2 aliphatic carbocycles. The molecule has 0 N–H and O–H groups in total. The zero-order valence-electron chi connectivity index (χ0n) is 29.0. The van der Waals surface area contributed by atoms with Crippen LogP contribution in [0.4, 0.5) is 0 Å². The van der Waals surface area contributed by atoms with E-state index in [9.17, 15) is 0 Å². The Morgan fingerprint density at radius 1 is 0.300 bits per heavy atom. The summed E-state index contributed by atoms with van der Waals surface area (Å²) in [5.74, 6) is 0. The van der Waals surface area contributed by atoms with Crippen LogP contribution in [0.3, 0.4) is 0 Å². The number of hydrogen-bond acceptors (Lipinski definition) is 0. The van der Waals surface area contributed by atoms with Gasteiger partial charge in [-0.25, -0.2) is 0 Å². The van der Waals surface area contributed by atoms with Gasteiger partial charge in [-0.15, -0.1) is 0 Å². The number of fused-ring (bicyclic) bond motifs is 9. The Bertz CT molecular complexity index is 2630. The molecular formula is C50H38. The lowest BCUT2D eigenvalue weighted by Gasteiger charge is -2.28. The van der Waals surface area contributed by atoms with E-state index in [4.69, 9.17) is 0 Å². The van der Waals surface area contributed by atoms with Crippen LogP contribution < -0.4 is 0 Å². The predicted molar refractivity (Wildman–Crippen MR) is 213 cm³/mol. The molecule has 0 heteroatoms. The average Bonchev–Trinajstić information content (AvgIpc) is 3.53. The maximum absolute atomic E-state index is 2.55. The summed E-state index contributed by atoms with van der Waals surface area (Å²) in [6.07, 6.45) is 0. The minimum Gasteiger partial charge on any atom is -0.0622 e. The van der Waals surface area contributed by atoms with Crippen LogP contribution in [-0.4, -0.2) is 0 Å². The summed E-state index contributed by atoms with van der Waals surface area (Å²) >= 11 is 0. The molecule has 0 nitrogen and oxygen atoms in total. The lowest BCUT2D eigenvalue weighted by molar-refractivity contribution is 0.652. The van der Waals surface area contributed by atoms with E-state index < -0.39 is 0 Å². The van der Waals surface area contributed by atoms with Gasteiger partial charge in [-0.2, -0.15) is 0 Å². The van der Waals surface area contributed by atoms with Crippen LogP contribution in [0.15, 0.2) is 158 Å². The smallest absolute Gasteiger partial charge is 0.0165 e. The highest BCUT2D eigenvalue weighted by Crippen LogP contribution is 2.61. The minimum atomic E-state index is -0.148. The van der Waals surface area contributed by atoms with E-state index in [1.807, 2.05) is 0 Å². The maximum atomic E-state index is 2.55. The summed E-state index contributed by atoms with van der Waals surface area (Å²) < 4.78 is 0. The highest BCUT2D eigenvalue weighted by Gasteiger charge is 2.45. The van der Waals surface area contributed by atoms with Gasteiger partial charge >= 0.3 is 0 Å². The zero-order chi connectivity index (χ0) is 33.8. The van der Waals surface area contributed by atoms with Crippen molar-refractivity contribution in [2.24, 2.45) is 0 Å². The molecule has 0 bridgehead atoms. The van der Waals surface area contributed by atoms with Crippen LogP contribution in [0, 0.1) is 0 Å². The van der Waals surface area contributed by atoms with E-state index in [1.54, 1.807) is 0 Å². The Morgan fingerprint density at radius 2 is 0.760 bits per heavy atom. The van der Waals surface area contributed by atoms with E-state index in [-0.39, 0.29) is 10.8 Å². The Kier molecular flexibility index (Phi) is 6.07. The first-order chi connectivity index (χ1) is 24.4. The predicted octanol–water partition coefficient (Wildman–Crippen LogP) is 13.6. The van der Waals surface area contributed by atoms with Gasteiger partial charge in [0.15, 0.2) is 0 Å². The average molecular weight is 639 g/mol. The van der Waals surface area contributed by atoms with Crippen LogP contribution in [0.2, 0.25) is 0 Å². The molecule has 0 heterocycles. The van der Waals surface area contributed by atoms with Crippen LogP contribution in [0.5, 0.6) is 0 Å². The van der Waals surface area contributed by atoms with E-state index in [2.05, 4.69) is 185 Å². The van der Waals surface area contributed by atoms with Gasteiger partial charge in [0.25, 0.3) is 0 Å². The number of benzene rings is 8. The third kappa shape index (κ3) is 3.88. The van der Waals surface area contributed by atoms with Gasteiger partial charge in [-0.05, 0) is 112 Å². The summed E-state index contributed by atoms with van der Waals surface area (Å²) in [5.41, 5.74) is 18.8. The van der Waals surface area contributed by atoms with Gasteiger partial charge in [0, 0.05) is 10.8 Å². The third-order valence-electron chi connectivity index (χ3n) is 11.8. The third-order valence-corrected chi connectivity index (χ3v) is 11.8. The Balaban J connectivity index is 1.28. The number of hydrogen-bond donors (Lipinski definition) is 0. The molecule has 0 saturated heterocycles. The fraction of sp³-hybridized carbons (Fsp3) is 0.120. The molecule has 0 aromatic heterocycles. The van der Waals surface area contributed by atoms with Crippen molar-refractivity contribution in [3.05, 3.63) is 180 Å². The fourth-order valence-electron chi connectivity index (χ4n) is 9.57. The highest BCUT2D eigenvalue weighted by molar-refractivity contribution is 6.21. The molecule has 0 amide bonds. The molecular weight excluding hydrogens is 601 g/mol. The molecule has 0 radical (unpaired) electrons. The Labute approximate surface area is 294 Å². The summed E-state index contributed by atoms with van der Waals surface area (Å²) in [4.78, 5) is 0. The molecule has 0 fully saturated rings. The summed E-state index contributed by atoms with van der Waals surface area (Å²) in [7, 11) is 0. The van der Waals surface area contributed by atoms with Gasteiger partial charge < -0.3 is 0 Å². The summed E-state index contributed by atoms with van der Waals surface area (Å²) in [5, 5.41) is 5.14. The molecule has 0 unspecified atom stereocenters. The van der Waals surface area contributed by atoms with Crippen molar-refractivity contribution in [3.63, 3.8) is 0 Å². The van der Waals surface area contributed by atoms with Crippen LogP contribution in [0.25, 0.3) is 77.2 Å². The zero-order valence-corrected chi connectivity index (χ0v) is 29.0. The molecule has 0 saturated carbocycles. The molecule has 8 aromatic carbocycles. The monoisotopic (exact) mass is 638 g/mol. The maximum Gasteiger partial charge on any atom is 0.0165 e. The molecule has 10 rings (SSSR count). The Hall–Kier alpha value is -5.72. The summed E-state index contributed by atoms with van der Waals surface area (Å²) in [6.45, 7) is 9.66. The van der Waals surface area contributed by atoms with Crippen LogP contribution in [0.1, 0.15) is 49.9 Å². The fourth-order valence-corrected chi connectivity index (χ4v) is 9.57. The van der Waals surface area contributed by atoms with Crippen molar-refractivity contribution >= 4 is 21.5 Å². The van der Waals surface area contributed by atoms with Crippen LogP contribution >= 0.6 is 0 Å². The molecule has 0 aliphatic heterocycles. The van der Waals surface area contributed by atoms with E-state index >= 15 is 0 Å². The van der Waals surface area contributed by atoms with E-state index in [0.29, 0.717) is 0 Å². The van der Waals surface area contributed by atoms with Crippen LogP contribution in [-0.2, 0) is 10.8 Å². The quantitative estimate of drug-likeness (QED) is 0.169. The van der Waals surface area contributed by atoms with Gasteiger partial charge in [0.05, 0.1) is 0 Å². The molecule has 0 spiro atoms. The minimum absolute atomic E-state index is 0.103. The van der Waals surface area contributed by atoms with Crippen molar-refractivity contribution in [1.29, 1.82) is 0 Å². The second-order valence-corrected chi connectivity index (χ2v) is 15.2. The van der Waals surface area contributed by atoms with Gasteiger partial charge in [0.1, 0.15) is 0 Å². The molecule has 0 atom stereocenters. The van der Waals surface area contributed by atoms with Gasteiger partial charge in [-0.1, -0.05) is 173 Å². The first-order valence-electron chi connectivity index (χ1n) is 17.9. The Morgan fingerprint density at radius 3 is 1.38 bits per heavy atom. The second-order valence-electron chi connectivity index (χ2n) is 15.2. The van der Waals surface area contributed by atoms with Crippen molar-refractivity contribution in [2.45, 2.75) is 38.5 Å². The first-order valence-corrected chi connectivity index (χ1v) is 17.9. The van der Waals surface area contributed by atoms with E-state index in [0.717, 1.165) is 0 Å². The lowest BCUT2D eigenvalue weighted by Crippen LogP contribution is -2.18. The SMILES string of the molecule is CC1(C)c2ccccc2-c2c1cc(-c1cccc(-c3c4ccccc4c(-c4ccccc4)c4ccccc34)c1)c1c2-c2ccccc2C1(C)C. The highest BCUT2D eigenvalue weighted by atomic mass is 14.5. The van der Waals surface area contributed by atoms with Crippen molar-refractivity contribution < 1.29 is 0 Å². The standard InChI is InChI=1S/C50H38/c1-49(2)41-27-14-12-25-38(41)46-43(49)30-40(48-47(46)39-26-13-15-28-42(39)50(48,3)4)32-19-16-20-33(29-32)45-36-23-10-8-21-34(36)44(31-17-6-5-7-18-31)35-22-9-11-24-37(35)45/h5-30H,1-4H3. The topological polar surface area (TPSA) is 0 Å². The van der Waals surface area contributed by atoms with Crippen molar-refractivity contribution in [1.82, 2.24) is 0 Å². The molecule has 238 valence electrons. The molecule has 50 heavy (non-hydrogen) atoms. The largest absolute Gasteiger partial charge is 0.0622 e. The molecule has 2 aliphatic rings. The lowest BCUT2D eigenvalue weighted by atomic mass is 9.75. The normalized spacial score (nSPS) is 14.7. The second kappa shape index (κ2) is 10.4. The van der Waals surface area contributed by atoms with E-state index in [1.165, 1.54) is 99.4 Å². The van der Waals surface area contributed by atoms with Crippen molar-refractivity contribution in [2.75, 3.05) is 0 Å². The number of rotatable bonds is 3. The van der Waals surface area contributed by atoms with Gasteiger partial charge in [0.2, 0.25) is 0 Å².